The second kappa shape index (κ2) is 7.63. The molecule has 2 atom stereocenters. The number of carboxylic acid groups (broad SMARTS) is 1. The minimum Gasteiger partial charge on any atom is -0.478 e. The number of aliphatic carboxylic acids is 1. The average Bonchev–Trinajstić information content (AvgIpc) is 3.04. The van der Waals surface area contributed by atoms with Gasteiger partial charge in [0.2, 0.25) is 12.0 Å². The second-order valence-electron chi connectivity index (χ2n) is 5.32. The summed E-state index contributed by atoms with van der Waals surface area (Å²) in [6.07, 6.45) is 2.42. The molecule has 1 unspecified atom stereocenters. The number of pyridine rings is 1. The van der Waals surface area contributed by atoms with Crippen LogP contribution in [-0.2, 0) is 9.53 Å². The van der Waals surface area contributed by atoms with Gasteiger partial charge < -0.3 is 14.6 Å². The highest BCUT2D eigenvalue weighted by Crippen LogP contribution is 2.26. The molecule has 0 aromatic carbocycles. The summed E-state index contributed by atoms with van der Waals surface area (Å²) in [6.45, 7) is 3.76. The summed E-state index contributed by atoms with van der Waals surface area (Å²) in [5, 5.41) is 14.5. The number of hydrogen-bond donors (Lipinski definition) is 1. The summed E-state index contributed by atoms with van der Waals surface area (Å²) in [7, 11) is 0. The number of fused-ring (bicyclic) bond motifs is 1. The lowest BCUT2D eigenvalue weighted by Gasteiger charge is -2.20. The molecule has 0 aliphatic carbocycles. The van der Waals surface area contributed by atoms with Gasteiger partial charge in [-0.05, 0) is 26.0 Å². The molecule has 3 rings (SSSR count). The lowest BCUT2D eigenvalue weighted by Crippen LogP contribution is -2.39. The number of nitrogens with zero attached hydrogens (tertiary/aromatic N) is 5. The van der Waals surface area contributed by atoms with Gasteiger partial charge in [-0.25, -0.2) is 19.7 Å². The Kier molecular flexibility index (Phi) is 5.29. The molecule has 26 heavy (non-hydrogen) atoms. The van der Waals surface area contributed by atoms with E-state index in [9.17, 15) is 9.90 Å². The standard InChI is InChI=1S/C16H16ClN5O4/c1-3-25-9(2)12(16(23)24)26-15-10-7-21-22(13(10)19-8-20-15)14-11(17)5-4-6-18-14/h4-9,12H,3H2,1-2H3,(H,23,24)/t9?,12-/m0/s1. The van der Waals surface area contributed by atoms with Gasteiger partial charge in [0.25, 0.3) is 0 Å². The first-order valence-electron chi connectivity index (χ1n) is 7.83. The number of carboxylic acids is 1. The maximum absolute atomic E-state index is 11.5. The molecular formula is C16H16ClN5O4. The molecule has 0 amide bonds. The highest BCUT2D eigenvalue weighted by atomic mass is 35.5. The van der Waals surface area contributed by atoms with Crippen LogP contribution in [0.2, 0.25) is 5.02 Å². The summed E-state index contributed by atoms with van der Waals surface area (Å²) in [4.78, 5) is 24.0. The van der Waals surface area contributed by atoms with Crippen molar-refractivity contribution in [2.75, 3.05) is 6.61 Å². The molecule has 0 fully saturated rings. The third-order valence-corrected chi connectivity index (χ3v) is 3.90. The van der Waals surface area contributed by atoms with E-state index in [0.717, 1.165) is 0 Å². The van der Waals surface area contributed by atoms with Crippen molar-refractivity contribution < 1.29 is 19.4 Å². The summed E-state index contributed by atoms with van der Waals surface area (Å²) in [5.74, 6) is -0.670. The number of ether oxygens (including phenoxy) is 2. The van der Waals surface area contributed by atoms with Crippen molar-refractivity contribution >= 4 is 28.6 Å². The van der Waals surface area contributed by atoms with Crippen LogP contribution >= 0.6 is 11.6 Å². The van der Waals surface area contributed by atoms with Crippen molar-refractivity contribution in [1.82, 2.24) is 24.7 Å². The third-order valence-electron chi connectivity index (χ3n) is 3.61. The van der Waals surface area contributed by atoms with E-state index in [4.69, 9.17) is 21.1 Å². The minimum absolute atomic E-state index is 0.0901. The Morgan fingerprint density at radius 3 is 2.88 bits per heavy atom. The monoisotopic (exact) mass is 377 g/mol. The quantitative estimate of drug-likeness (QED) is 0.666. The van der Waals surface area contributed by atoms with Gasteiger partial charge in [-0.3, -0.25) is 0 Å². The Morgan fingerprint density at radius 1 is 1.38 bits per heavy atom. The molecule has 3 aromatic heterocycles. The van der Waals surface area contributed by atoms with Crippen molar-refractivity contribution in [3.05, 3.63) is 35.9 Å². The van der Waals surface area contributed by atoms with E-state index in [0.29, 0.717) is 28.5 Å². The molecule has 0 aliphatic rings. The molecule has 136 valence electrons. The van der Waals surface area contributed by atoms with Gasteiger partial charge in [0.15, 0.2) is 11.5 Å². The van der Waals surface area contributed by atoms with Crippen LogP contribution in [0.1, 0.15) is 13.8 Å². The lowest BCUT2D eigenvalue weighted by atomic mass is 10.2. The Morgan fingerprint density at radius 2 is 2.19 bits per heavy atom. The van der Waals surface area contributed by atoms with E-state index in [-0.39, 0.29) is 5.88 Å². The zero-order valence-corrected chi connectivity index (χ0v) is 14.8. The molecule has 0 radical (unpaired) electrons. The summed E-state index contributed by atoms with van der Waals surface area (Å²) in [6, 6.07) is 3.38. The van der Waals surface area contributed by atoms with Gasteiger partial charge in [0, 0.05) is 12.8 Å². The van der Waals surface area contributed by atoms with E-state index >= 15 is 0 Å². The fourth-order valence-corrected chi connectivity index (χ4v) is 2.62. The van der Waals surface area contributed by atoms with Gasteiger partial charge in [-0.15, -0.1) is 0 Å². The predicted octanol–water partition coefficient (Wildman–Crippen LogP) is 2.12. The van der Waals surface area contributed by atoms with Gasteiger partial charge in [-0.2, -0.15) is 9.78 Å². The minimum atomic E-state index is -1.23. The van der Waals surface area contributed by atoms with Crippen LogP contribution in [0.5, 0.6) is 5.88 Å². The Labute approximate surface area is 153 Å². The second-order valence-corrected chi connectivity index (χ2v) is 5.73. The summed E-state index contributed by atoms with van der Waals surface area (Å²) >= 11 is 6.17. The Hall–Kier alpha value is -2.78. The number of carbonyl (C=O) groups is 1. The Bertz CT molecular complexity index is 932. The molecular weight excluding hydrogens is 362 g/mol. The van der Waals surface area contributed by atoms with Gasteiger partial charge in [0.1, 0.15) is 17.8 Å². The zero-order chi connectivity index (χ0) is 18.7. The van der Waals surface area contributed by atoms with E-state index in [1.54, 1.807) is 32.2 Å². The molecule has 0 spiro atoms. The van der Waals surface area contributed by atoms with Crippen LogP contribution < -0.4 is 4.74 Å². The van der Waals surface area contributed by atoms with Crippen molar-refractivity contribution in [2.45, 2.75) is 26.1 Å². The maximum Gasteiger partial charge on any atom is 0.347 e. The SMILES string of the molecule is CCOC(C)[C@H](Oc1ncnc2c1cnn2-c1ncccc1Cl)C(=O)O. The van der Waals surface area contributed by atoms with Crippen LogP contribution in [-0.4, -0.2) is 54.6 Å². The molecule has 0 saturated carbocycles. The molecule has 0 bridgehead atoms. The molecule has 9 nitrogen and oxygen atoms in total. The van der Waals surface area contributed by atoms with Crippen molar-refractivity contribution in [3.63, 3.8) is 0 Å². The van der Waals surface area contributed by atoms with Crippen LogP contribution in [0.4, 0.5) is 0 Å². The number of aromatic nitrogens is 5. The van der Waals surface area contributed by atoms with Crippen LogP contribution in [0.25, 0.3) is 16.9 Å². The average molecular weight is 378 g/mol. The highest BCUT2D eigenvalue weighted by Gasteiger charge is 2.29. The highest BCUT2D eigenvalue weighted by molar-refractivity contribution is 6.32. The summed E-state index contributed by atoms with van der Waals surface area (Å²) < 4.78 is 12.4. The largest absolute Gasteiger partial charge is 0.478 e. The van der Waals surface area contributed by atoms with E-state index in [1.165, 1.54) is 17.2 Å². The fourth-order valence-electron chi connectivity index (χ4n) is 2.42. The first-order valence-corrected chi connectivity index (χ1v) is 8.21. The lowest BCUT2D eigenvalue weighted by molar-refractivity contribution is -0.152. The first-order chi connectivity index (χ1) is 12.5. The van der Waals surface area contributed by atoms with Gasteiger partial charge in [-0.1, -0.05) is 11.6 Å². The number of rotatable bonds is 7. The van der Waals surface area contributed by atoms with Crippen molar-refractivity contribution in [2.24, 2.45) is 0 Å². The fraction of sp³-hybridized carbons (Fsp3) is 0.312. The molecule has 1 N–H and O–H groups in total. The first kappa shape index (κ1) is 18.0. The van der Waals surface area contributed by atoms with E-state index in [1.807, 2.05) is 0 Å². The van der Waals surface area contributed by atoms with E-state index < -0.39 is 18.2 Å². The molecule has 3 heterocycles. The van der Waals surface area contributed by atoms with Crippen LogP contribution in [0.15, 0.2) is 30.9 Å². The van der Waals surface area contributed by atoms with Crippen LogP contribution in [0.3, 0.4) is 0 Å². The molecule has 3 aromatic rings. The number of halogens is 1. The molecule has 10 heteroatoms. The summed E-state index contributed by atoms with van der Waals surface area (Å²) in [5.41, 5.74) is 0.392. The van der Waals surface area contributed by atoms with Crippen molar-refractivity contribution in [1.29, 1.82) is 0 Å². The zero-order valence-electron chi connectivity index (χ0n) is 14.0. The van der Waals surface area contributed by atoms with Crippen LogP contribution in [0, 0.1) is 0 Å². The normalized spacial score (nSPS) is 13.5. The topological polar surface area (TPSA) is 112 Å². The van der Waals surface area contributed by atoms with E-state index in [2.05, 4.69) is 20.1 Å². The van der Waals surface area contributed by atoms with Crippen molar-refractivity contribution in [3.8, 4) is 11.7 Å². The third kappa shape index (κ3) is 3.44. The molecule has 0 aliphatic heterocycles. The van der Waals surface area contributed by atoms with Gasteiger partial charge >= 0.3 is 5.97 Å². The maximum atomic E-state index is 11.5. The predicted molar refractivity (Wildman–Crippen MR) is 92.6 cm³/mol. The Balaban J connectivity index is 2.01. The smallest absolute Gasteiger partial charge is 0.347 e. The van der Waals surface area contributed by atoms with Gasteiger partial charge in [0.05, 0.1) is 11.2 Å². The molecule has 0 saturated heterocycles. The number of hydrogen-bond acceptors (Lipinski definition) is 7.